The maximum Gasteiger partial charge on any atom is 0.308 e. The van der Waals surface area contributed by atoms with Crippen molar-refractivity contribution in [2.24, 2.45) is 5.92 Å². The molecular formula is C20H24FN5O3. The van der Waals surface area contributed by atoms with Crippen molar-refractivity contribution in [2.75, 3.05) is 42.9 Å². The number of carbonyl (C=O) groups excluding carboxylic acids is 1. The minimum absolute atomic E-state index is 0.144. The minimum Gasteiger partial charge on any atom is -0.481 e. The summed E-state index contributed by atoms with van der Waals surface area (Å²) in [5.41, 5.74) is 0.439. The van der Waals surface area contributed by atoms with E-state index in [2.05, 4.69) is 25.1 Å². The van der Waals surface area contributed by atoms with Gasteiger partial charge in [0.2, 0.25) is 11.9 Å². The van der Waals surface area contributed by atoms with Gasteiger partial charge in [-0.1, -0.05) is 0 Å². The van der Waals surface area contributed by atoms with Gasteiger partial charge < -0.3 is 20.2 Å². The summed E-state index contributed by atoms with van der Waals surface area (Å²) in [7, 11) is 0. The topological polar surface area (TPSA) is 98.7 Å². The Kier molecular flexibility index (Phi) is 7.07. The minimum atomic E-state index is -1.01. The van der Waals surface area contributed by atoms with E-state index in [1.807, 2.05) is 0 Å². The molecule has 1 fully saturated rings. The average Bonchev–Trinajstić information content (AvgIpc) is 2.95. The molecule has 1 aliphatic rings. The first-order chi connectivity index (χ1) is 14.0. The molecule has 9 heteroatoms. The van der Waals surface area contributed by atoms with E-state index in [1.54, 1.807) is 18.5 Å². The van der Waals surface area contributed by atoms with Crippen LogP contribution in [0.15, 0.2) is 42.7 Å². The van der Waals surface area contributed by atoms with Crippen molar-refractivity contribution in [1.29, 1.82) is 0 Å². The lowest BCUT2D eigenvalue weighted by Crippen LogP contribution is -2.38. The number of carboxylic acid groups (broad SMARTS) is 1. The molecule has 1 saturated heterocycles. The Morgan fingerprint density at radius 1 is 1.10 bits per heavy atom. The van der Waals surface area contributed by atoms with Crippen LogP contribution >= 0.6 is 0 Å². The Bertz CT molecular complexity index is 819. The molecule has 0 bridgehead atoms. The van der Waals surface area contributed by atoms with Gasteiger partial charge in [-0.25, -0.2) is 14.4 Å². The van der Waals surface area contributed by atoms with Crippen LogP contribution in [0.1, 0.15) is 12.8 Å². The highest BCUT2D eigenvalue weighted by Crippen LogP contribution is 2.15. The number of anilines is 2. The largest absolute Gasteiger partial charge is 0.481 e. The molecular weight excluding hydrogens is 377 g/mol. The van der Waals surface area contributed by atoms with Crippen molar-refractivity contribution in [3.05, 3.63) is 48.5 Å². The number of rotatable bonds is 7. The highest BCUT2D eigenvalue weighted by atomic mass is 19.1. The third kappa shape index (κ3) is 6.21. The molecule has 2 aromatic rings. The van der Waals surface area contributed by atoms with Crippen molar-refractivity contribution >= 4 is 23.5 Å². The van der Waals surface area contributed by atoms with E-state index in [4.69, 9.17) is 0 Å². The fourth-order valence-corrected chi connectivity index (χ4v) is 3.32. The SMILES string of the molecule is O=C(CC(CN1CCCN(c2ncccn2)CC1)C(=O)O)Nc1ccc(F)cc1. The van der Waals surface area contributed by atoms with Gasteiger partial charge in [-0.05, 0) is 43.3 Å². The Morgan fingerprint density at radius 3 is 2.52 bits per heavy atom. The number of hydrogen-bond acceptors (Lipinski definition) is 6. The number of amides is 1. The third-order valence-corrected chi connectivity index (χ3v) is 4.81. The molecule has 1 aromatic carbocycles. The third-order valence-electron chi connectivity index (χ3n) is 4.81. The van der Waals surface area contributed by atoms with E-state index in [9.17, 15) is 19.1 Å². The van der Waals surface area contributed by atoms with Crippen LogP contribution in [0.25, 0.3) is 0 Å². The standard InChI is InChI=1S/C20H24FN5O3/c21-16-3-5-17(6-4-16)24-18(27)13-15(19(28)29)14-25-9-2-10-26(12-11-25)20-22-7-1-8-23-20/h1,3-8,15H,2,9-14H2,(H,24,27)(H,28,29). The molecule has 154 valence electrons. The number of halogens is 1. The zero-order chi connectivity index (χ0) is 20.6. The predicted molar refractivity (Wildman–Crippen MR) is 106 cm³/mol. The van der Waals surface area contributed by atoms with Gasteiger partial charge in [-0.15, -0.1) is 0 Å². The number of carboxylic acids is 1. The predicted octanol–water partition coefficient (Wildman–Crippen LogP) is 1.86. The Morgan fingerprint density at radius 2 is 1.83 bits per heavy atom. The van der Waals surface area contributed by atoms with Crippen LogP contribution in [0.2, 0.25) is 0 Å². The molecule has 1 aliphatic heterocycles. The fourth-order valence-electron chi connectivity index (χ4n) is 3.32. The monoisotopic (exact) mass is 401 g/mol. The summed E-state index contributed by atoms with van der Waals surface area (Å²) in [6.45, 7) is 3.19. The van der Waals surface area contributed by atoms with Gasteiger partial charge >= 0.3 is 5.97 Å². The quantitative estimate of drug-likeness (QED) is 0.731. The number of hydrogen-bond donors (Lipinski definition) is 2. The smallest absolute Gasteiger partial charge is 0.308 e. The number of nitrogens with one attached hydrogen (secondary N) is 1. The maximum absolute atomic E-state index is 13.0. The summed E-state index contributed by atoms with van der Waals surface area (Å²) in [4.78, 5) is 36.6. The van der Waals surface area contributed by atoms with Crippen LogP contribution in [0.4, 0.5) is 16.0 Å². The van der Waals surface area contributed by atoms with Gasteiger partial charge in [0.05, 0.1) is 5.92 Å². The summed E-state index contributed by atoms with van der Waals surface area (Å²) in [6.07, 6.45) is 4.11. The zero-order valence-electron chi connectivity index (χ0n) is 16.0. The highest BCUT2D eigenvalue weighted by Gasteiger charge is 2.26. The molecule has 1 unspecified atom stereocenters. The zero-order valence-corrected chi connectivity index (χ0v) is 16.0. The van der Waals surface area contributed by atoms with Crippen molar-refractivity contribution < 1.29 is 19.1 Å². The van der Waals surface area contributed by atoms with Crippen LogP contribution in [0.3, 0.4) is 0 Å². The summed E-state index contributed by atoms with van der Waals surface area (Å²) < 4.78 is 13.0. The van der Waals surface area contributed by atoms with E-state index in [-0.39, 0.29) is 13.0 Å². The van der Waals surface area contributed by atoms with Crippen LogP contribution in [-0.2, 0) is 9.59 Å². The number of carbonyl (C=O) groups is 2. The van der Waals surface area contributed by atoms with Gasteiger partial charge in [0.15, 0.2) is 0 Å². The van der Waals surface area contributed by atoms with Crippen molar-refractivity contribution in [3.8, 4) is 0 Å². The van der Waals surface area contributed by atoms with Gasteiger partial charge in [0.1, 0.15) is 5.82 Å². The van der Waals surface area contributed by atoms with E-state index in [0.29, 0.717) is 24.7 Å². The molecule has 8 nitrogen and oxygen atoms in total. The first-order valence-electron chi connectivity index (χ1n) is 9.54. The first-order valence-corrected chi connectivity index (χ1v) is 9.54. The molecule has 0 saturated carbocycles. The maximum atomic E-state index is 13.0. The van der Waals surface area contributed by atoms with Crippen molar-refractivity contribution in [1.82, 2.24) is 14.9 Å². The molecule has 0 spiro atoms. The molecule has 1 aromatic heterocycles. The van der Waals surface area contributed by atoms with Crippen LogP contribution < -0.4 is 10.2 Å². The molecule has 0 aliphatic carbocycles. The van der Waals surface area contributed by atoms with Crippen LogP contribution in [-0.4, -0.2) is 64.6 Å². The Hall–Kier alpha value is -3.07. The van der Waals surface area contributed by atoms with Crippen LogP contribution in [0, 0.1) is 11.7 Å². The molecule has 1 atom stereocenters. The molecule has 0 radical (unpaired) electrons. The molecule has 29 heavy (non-hydrogen) atoms. The van der Waals surface area contributed by atoms with Crippen LogP contribution in [0.5, 0.6) is 0 Å². The van der Waals surface area contributed by atoms with Gasteiger partial charge in [0, 0.05) is 50.7 Å². The van der Waals surface area contributed by atoms with Crippen molar-refractivity contribution in [2.45, 2.75) is 12.8 Å². The van der Waals surface area contributed by atoms with Crippen molar-refractivity contribution in [3.63, 3.8) is 0 Å². The van der Waals surface area contributed by atoms with E-state index >= 15 is 0 Å². The number of aliphatic carboxylic acids is 1. The van der Waals surface area contributed by atoms with E-state index < -0.39 is 23.6 Å². The number of nitrogens with zero attached hydrogens (tertiary/aromatic N) is 4. The second-order valence-corrected chi connectivity index (χ2v) is 6.98. The second kappa shape index (κ2) is 9.92. The van der Waals surface area contributed by atoms with E-state index in [1.165, 1.54) is 24.3 Å². The van der Waals surface area contributed by atoms with E-state index in [0.717, 1.165) is 19.5 Å². The summed E-state index contributed by atoms with van der Waals surface area (Å²) >= 11 is 0. The highest BCUT2D eigenvalue weighted by molar-refractivity contribution is 5.93. The fraction of sp³-hybridized carbons (Fsp3) is 0.400. The molecule has 2 heterocycles. The van der Waals surface area contributed by atoms with Gasteiger partial charge in [-0.2, -0.15) is 0 Å². The lowest BCUT2D eigenvalue weighted by Gasteiger charge is -2.24. The first kappa shape index (κ1) is 20.7. The molecule has 2 N–H and O–H groups in total. The Labute approximate surface area is 168 Å². The molecule has 3 rings (SSSR count). The number of aromatic nitrogens is 2. The summed E-state index contributed by atoms with van der Waals surface area (Å²) in [5, 5.41) is 12.2. The second-order valence-electron chi connectivity index (χ2n) is 6.98. The lowest BCUT2D eigenvalue weighted by atomic mass is 10.0. The normalized spacial score (nSPS) is 16.1. The average molecular weight is 401 g/mol. The summed E-state index contributed by atoms with van der Waals surface area (Å²) in [5.74, 6) is -1.97. The summed E-state index contributed by atoms with van der Waals surface area (Å²) in [6, 6.07) is 7.13. The Balaban J connectivity index is 1.53. The lowest BCUT2D eigenvalue weighted by molar-refractivity contribution is -0.144. The van der Waals surface area contributed by atoms with Gasteiger partial charge in [0.25, 0.3) is 0 Å². The molecule has 1 amide bonds. The van der Waals surface area contributed by atoms with Gasteiger partial charge in [-0.3, -0.25) is 9.59 Å². The number of benzene rings is 1.